The molecule has 0 spiro atoms. The first kappa shape index (κ1) is 19.0. The van der Waals surface area contributed by atoms with Gasteiger partial charge in [0.1, 0.15) is 0 Å². The molecule has 0 aliphatic rings. The summed E-state index contributed by atoms with van der Waals surface area (Å²) in [7, 11) is 3.38. The van der Waals surface area contributed by atoms with E-state index in [0.717, 1.165) is 26.3 Å². The molecule has 0 aromatic heterocycles. The first-order chi connectivity index (χ1) is 6.83. The van der Waals surface area contributed by atoms with Crippen molar-refractivity contribution in [2.24, 2.45) is 11.7 Å². The van der Waals surface area contributed by atoms with Crippen molar-refractivity contribution in [1.29, 1.82) is 5.26 Å². The van der Waals surface area contributed by atoms with Gasteiger partial charge in [-0.15, -0.1) is 0 Å². The Balaban J connectivity index is -0.000000205. The second-order valence-electron chi connectivity index (χ2n) is 1.96. The zero-order valence-corrected chi connectivity index (χ0v) is 9.25. The first-order valence-electron chi connectivity index (χ1n) is 4.16. The molecular formula is C8H22N4O2. The molecular weight excluding hydrogens is 184 g/mol. The fourth-order valence-corrected chi connectivity index (χ4v) is 0.473. The summed E-state index contributed by atoms with van der Waals surface area (Å²) < 4.78 is 9.64. The van der Waals surface area contributed by atoms with Crippen molar-refractivity contribution in [3.8, 4) is 6.07 Å². The normalized spacial score (nSPS) is 7.43. The van der Waals surface area contributed by atoms with E-state index in [9.17, 15) is 0 Å². The molecule has 0 heterocycles. The number of methoxy groups -OCH3 is 2. The predicted molar refractivity (Wildman–Crippen MR) is 56.3 cm³/mol. The van der Waals surface area contributed by atoms with Crippen molar-refractivity contribution in [3.05, 3.63) is 0 Å². The zero-order valence-electron chi connectivity index (χ0n) is 9.25. The fourth-order valence-electron chi connectivity index (χ4n) is 0.473. The molecule has 0 radical (unpaired) electrons. The summed E-state index contributed by atoms with van der Waals surface area (Å²) in [5.74, 6) is 8.00. The highest BCUT2D eigenvalue weighted by atomic mass is 16.5. The van der Waals surface area contributed by atoms with E-state index in [2.05, 4.69) is 17.0 Å². The van der Waals surface area contributed by atoms with E-state index in [0.29, 0.717) is 0 Å². The molecule has 0 saturated carbocycles. The van der Waals surface area contributed by atoms with Crippen LogP contribution in [0.15, 0.2) is 0 Å². The van der Waals surface area contributed by atoms with Crippen LogP contribution in [-0.2, 0) is 9.47 Å². The maximum Gasteiger partial charge on any atom is 0.0587 e. The molecule has 0 aliphatic carbocycles. The number of hydrogen-bond donors (Lipinski definition) is 3. The molecule has 0 atom stereocenters. The maximum absolute atomic E-state index is 7.32. The molecule has 0 bridgehead atoms. The second kappa shape index (κ2) is 29.5. The van der Waals surface area contributed by atoms with Crippen LogP contribution in [0.3, 0.4) is 0 Å². The lowest BCUT2D eigenvalue weighted by Gasteiger charge is -2.01. The molecule has 0 rings (SSSR count). The van der Waals surface area contributed by atoms with E-state index in [1.54, 1.807) is 20.3 Å². The van der Waals surface area contributed by atoms with Crippen LogP contribution in [-0.4, -0.2) is 40.5 Å². The number of ether oxygens (including phenoxy) is 2. The summed E-state index contributed by atoms with van der Waals surface area (Å²) in [5, 5.41) is 10.5. The molecule has 0 aliphatic heterocycles. The van der Waals surface area contributed by atoms with E-state index in [4.69, 9.17) is 14.7 Å². The summed E-state index contributed by atoms with van der Waals surface area (Å²) >= 11 is 0. The van der Waals surface area contributed by atoms with Crippen LogP contribution in [0.4, 0.5) is 0 Å². The van der Waals surface area contributed by atoms with Gasteiger partial charge in [0.15, 0.2) is 0 Å². The van der Waals surface area contributed by atoms with E-state index < -0.39 is 0 Å². The van der Waals surface area contributed by atoms with Gasteiger partial charge in [0.05, 0.1) is 19.3 Å². The number of hydrazine groups is 1. The van der Waals surface area contributed by atoms with Gasteiger partial charge in [-0.1, -0.05) is 0 Å². The summed E-state index contributed by atoms with van der Waals surface area (Å²) in [6.07, 6.45) is 0. The quantitative estimate of drug-likeness (QED) is 0.299. The Hall–Kier alpha value is -0.710. The highest BCUT2D eigenvalue weighted by Gasteiger charge is 1.83. The smallest absolute Gasteiger partial charge is 0.0587 e. The summed E-state index contributed by atoms with van der Waals surface area (Å²) in [5.41, 5.74) is 0. The Morgan fingerprint density at radius 3 is 1.64 bits per heavy atom. The van der Waals surface area contributed by atoms with Gasteiger partial charge in [0.2, 0.25) is 0 Å². The van der Waals surface area contributed by atoms with Gasteiger partial charge in [-0.2, -0.15) is 5.26 Å². The van der Waals surface area contributed by atoms with Crippen LogP contribution in [0.1, 0.15) is 6.92 Å². The summed E-state index contributed by atoms with van der Waals surface area (Å²) in [4.78, 5) is 0. The third-order valence-corrected chi connectivity index (χ3v) is 0.966. The Labute approximate surface area is 86.1 Å². The number of hydrogen-bond acceptors (Lipinski definition) is 6. The molecule has 6 heteroatoms. The van der Waals surface area contributed by atoms with Crippen molar-refractivity contribution in [1.82, 2.24) is 5.32 Å². The van der Waals surface area contributed by atoms with Crippen LogP contribution >= 0.6 is 0 Å². The van der Waals surface area contributed by atoms with E-state index in [1.165, 1.54) is 6.92 Å². The number of nitrogens with one attached hydrogen (secondary N) is 1. The fraction of sp³-hybridized carbons (Fsp3) is 0.875. The SMILES string of the molecule is CC#N.COCCNCCOC.NN. The first-order valence-corrected chi connectivity index (χ1v) is 4.16. The van der Waals surface area contributed by atoms with Gasteiger partial charge >= 0.3 is 0 Å². The highest BCUT2D eigenvalue weighted by molar-refractivity contribution is 4.51. The van der Waals surface area contributed by atoms with Gasteiger partial charge in [0.25, 0.3) is 0 Å². The second-order valence-corrected chi connectivity index (χ2v) is 1.96. The van der Waals surface area contributed by atoms with Crippen molar-refractivity contribution >= 4 is 0 Å². The van der Waals surface area contributed by atoms with Crippen molar-refractivity contribution in [2.75, 3.05) is 40.5 Å². The van der Waals surface area contributed by atoms with Crippen molar-refractivity contribution in [3.63, 3.8) is 0 Å². The third-order valence-electron chi connectivity index (χ3n) is 0.966. The highest BCUT2D eigenvalue weighted by Crippen LogP contribution is 1.65. The molecule has 86 valence electrons. The minimum absolute atomic E-state index is 0.768. The van der Waals surface area contributed by atoms with Gasteiger partial charge in [-0.3, -0.25) is 11.7 Å². The largest absolute Gasteiger partial charge is 0.383 e. The molecule has 0 fully saturated rings. The molecule has 14 heavy (non-hydrogen) atoms. The number of nitrogens with zero attached hydrogens (tertiary/aromatic N) is 1. The predicted octanol–water partition coefficient (Wildman–Crippen LogP) is -0.783. The topological polar surface area (TPSA) is 106 Å². The van der Waals surface area contributed by atoms with Gasteiger partial charge in [-0.25, -0.2) is 0 Å². The number of nitriles is 1. The summed E-state index contributed by atoms with van der Waals surface area (Å²) in [6, 6.07) is 1.75. The average molecular weight is 206 g/mol. The molecule has 0 aromatic rings. The van der Waals surface area contributed by atoms with E-state index in [1.807, 2.05) is 0 Å². The van der Waals surface area contributed by atoms with Gasteiger partial charge in [0, 0.05) is 34.2 Å². The Morgan fingerprint density at radius 1 is 1.14 bits per heavy atom. The minimum Gasteiger partial charge on any atom is -0.383 e. The molecule has 6 nitrogen and oxygen atoms in total. The van der Waals surface area contributed by atoms with Crippen molar-refractivity contribution in [2.45, 2.75) is 6.92 Å². The van der Waals surface area contributed by atoms with Crippen LogP contribution in [0.25, 0.3) is 0 Å². The molecule has 0 aromatic carbocycles. The van der Waals surface area contributed by atoms with Gasteiger partial charge in [-0.05, 0) is 0 Å². The van der Waals surface area contributed by atoms with E-state index >= 15 is 0 Å². The lowest BCUT2D eigenvalue weighted by molar-refractivity contribution is 0.180. The molecule has 0 saturated heterocycles. The molecule has 0 amide bonds. The van der Waals surface area contributed by atoms with E-state index in [-0.39, 0.29) is 0 Å². The molecule has 5 N–H and O–H groups in total. The molecule has 0 unspecified atom stereocenters. The number of nitrogens with two attached hydrogens (primary N) is 2. The zero-order chi connectivity index (χ0) is 11.7. The Morgan fingerprint density at radius 2 is 1.43 bits per heavy atom. The standard InChI is InChI=1S/C6H15NO2.C2H3N.H4N2/c1-8-5-3-7-4-6-9-2;1-2-3;1-2/h7H,3-6H2,1-2H3;1H3;1-2H2. The average Bonchev–Trinajstić information content (AvgIpc) is 2.22. The maximum atomic E-state index is 7.32. The Kier molecular flexibility index (Phi) is 39.9. The Bertz CT molecular complexity index is 100. The van der Waals surface area contributed by atoms with Crippen LogP contribution < -0.4 is 17.0 Å². The van der Waals surface area contributed by atoms with Gasteiger partial charge < -0.3 is 14.8 Å². The summed E-state index contributed by atoms with van der Waals surface area (Å²) in [6.45, 7) is 4.77. The lowest BCUT2D eigenvalue weighted by Crippen LogP contribution is -2.23. The third kappa shape index (κ3) is 42.7. The van der Waals surface area contributed by atoms with Crippen LogP contribution in [0.2, 0.25) is 0 Å². The monoisotopic (exact) mass is 206 g/mol. The lowest BCUT2D eigenvalue weighted by atomic mass is 10.6. The number of rotatable bonds is 6. The minimum atomic E-state index is 0.768. The van der Waals surface area contributed by atoms with Crippen LogP contribution in [0, 0.1) is 11.3 Å². The van der Waals surface area contributed by atoms with Crippen molar-refractivity contribution < 1.29 is 9.47 Å². The van der Waals surface area contributed by atoms with Crippen LogP contribution in [0.5, 0.6) is 0 Å².